The first-order chi connectivity index (χ1) is 22.9. The van der Waals surface area contributed by atoms with Crippen molar-refractivity contribution in [1.29, 1.82) is 0 Å². The zero-order valence-electron chi connectivity index (χ0n) is 32.4. The topological polar surface area (TPSA) is 77.8 Å². The lowest BCUT2D eigenvalue weighted by Crippen LogP contribution is -2.55. The number of carbonyl (C=O) groups excluding carboxylic acids is 1. The molecule has 0 saturated heterocycles. The number of rotatable bonds is 39. The van der Waals surface area contributed by atoms with E-state index in [2.05, 4.69) is 13.8 Å². The molecule has 3 unspecified atom stereocenters. The number of hydrogen-bond donors (Lipinski definition) is 3. The Labute approximate surface area is 295 Å². The fraction of sp³-hybridized carbons (Fsp3) is 0.977. The number of carbonyl (C=O) groups is 1. The molecule has 0 aliphatic carbocycles. The van der Waals surface area contributed by atoms with Crippen LogP contribution in [0.3, 0.4) is 0 Å². The molecule has 0 aromatic heterocycles. The van der Waals surface area contributed by atoms with Gasteiger partial charge in [-0.25, -0.2) is 0 Å². The third-order valence-corrected chi connectivity index (χ3v) is 10.6. The van der Waals surface area contributed by atoms with E-state index in [4.69, 9.17) is 0 Å². The first-order valence-electron chi connectivity index (χ1n) is 21.5. The van der Waals surface area contributed by atoms with Gasteiger partial charge < -0.3 is 15.3 Å². The van der Waals surface area contributed by atoms with Crippen molar-refractivity contribution in [3.8, 4) is 0 Å². The minimum absolute atomic E-state index is 0.244. The second kappa shape index (κ2) is 35.4. The van der Waals surface area contributed by atoms with Gasteiger partial charge in [0.15, 0.2) is 5.78 Å². The van der Waals surface area contributed by atoms with Crippen molar-refractivity contribution in [1.82, 2.24) is 0 Å². The zero-order valence-corrected chi connectivity index (χ0v) is 32.4. The van der Waals surface area contributed by atoms with Gasteiger partial charge in [0.1, 0.15) is 11.7 Å². The molecule has 0 saturated carbocycles. The first kappa shape index (κ1) is 46.5. The van der Waals surface area contributed by atoms with Crippen LogP contribution in [0.1, 0.15) is 252 Å². The van der Waals surface area contributed by atoms with E-state index in [1.54, 1.807) is 0 Å². The molecule has 0 amide bonds. The summed E-state index contributed by atoms with van der Waals surface area (Å²) in [5.74, 6) is -0.336. The Hall–Kier alpha value is -0.450. The summed E-state index contributed by atoms with van der Waals surface area (Å²) in [6, 6.07) is 0. The summed E-state index contributed by atoms with van der Waals surface area (Å²) in [6.07, 6.45) is 40.3. The lowest BCUT2D eigenvalue weighted by Gasteiger charge is -2.37. The Kier molecular flexibility index (Phi) is 35.0. The van der Waals surface area contributed by atoms with E-state index in [1.165, 1.54) is 167 Å². The first-order valence-corrected chi connectivity index (χ1v) is 21.5. The third kappa shape index (κ3) is 28.0. The highest BCUT2D eigenvalue weighted by atomic mass is 16.4. The SMILES string of the molecule is CCCCCCCCCCCCCCCCCCC(O)C(O)(CCCCCCCCCCCCCCCCCC)C(O)C(=O)CCC. The quantitative estimate of drug-likeness (QED) is 0.0571. The van der Waals surface area contributed by atoms with Gasteiger partial charge in [-0.3, -0.25) is 4.79 Å². The Morgan fingerprint density at radius 3 is 1.00 bits per heavy atom. The van der Waals surface area contributed by atoms with Gasteiger partial charge in [0.2, 0.25) is 0 Å². The number of ketones is 1. The second-order valence-electron chi connectivity index (χ2n) is 15.3. The molecule has 4 nitrogen and oxygen atoms in total. The van der Waals surface area contributed by atoms with Crippen molar-refractivity contribution in [2.45, 2.75) is 270 Å². The normalized spacial score (nSPS) is 14.3. The molecule has 0 rings (SSSR count). The van der Waals surface area contributed by atoms with Gasteiger partial charge in [0, 0.05) is 6.42 Å². The zero-order chi connectivity index (χ0) is 34.7. The number of hydrogen-bond acceptors (Lipinski definition) is 4. The largest absolute Gasteiger partial charge is 0.390 e. The highest BCUT2D eigenvalue weighted by molar-refractivity contribution is 5.84. The highest BCUT2D eigenvalue weighted by Gasteiger charge is 2.44. The summed E-state index contributed by atoms with van der Waals surface area (Å²) in [5.41, 5.74) is -1.72. The van der Waals surface area contributed by atoms with E-state index >= 15 is 0 Å². The minimum Gasteiger partial charge on any atom is -0.390 e. The number of aliphatic hydroxyl groups is 3. The maximum absolute atomic E-state index is 12.6. The molecule has 3 atom stereocenters. The molecule has 282 valence electrons. The molecule has 0 bridgehead atoms. The van der Waals surface area contributed by atoms with Gasteiger partial charge in [0.25, 0.3) is 0 Å². The molecule has 3 N–H and O–H groups in total. The van der Waals surface area contributed by atoms with Crippen LogP contribution in [0.25, 0.3) is 0 Å². The van der Waals surface area contributed by atoms with Crippen molar-refractivity contribution in [3.05, 3.63) is 0 Å². The summed E-state index contributed by atoms with van der Waals surface area (Å²) in [4.78, 5) is 12.6. The predicted molar refractivity (Wildman–Crippen MR) is 205 cm³/mol. The molecule has 47 heavy (non-hydrogen) atoms. The molecule has 0 aromatic carbocycles. The summed E-state index contributed by atoms with van der Waals surface area (Å²) in [5, 5.41) is 33.3. The van der Waals surface area contributed by atoms with Crippen molar-refractivity contribution in [3.63, 3.8) is 0 Å². The third-order valence-electron chi connectivity index (χ3n) is 10.6. The van der Waals surface area contributed by atoms with Gasteiger partial charge in [0.05, 0.1) is 6.10 Å². The van der Waals surface area contributed by atoms with Crippen molar-refractivity contribution < 1.29 is 20.1 Å². The molecule has 0 heterocycles. The van der Waals surface area contributed by atoms with Gasteiger partial charge in [-0.2, -0.15) is 0 Å². The van der Waals surface area contributed by atoms with Crippen LogP contribution in [0.15, 0.2) is 0 Å². The molecular formula is C43H86O4. The van der Waals surface area contributed by atoms with E-state index in [9.17, 15) is 20.1 Å². The number of Topliss-reactive ketones (excluding diaryl/α,β-unsaturated/α-hetero) is 1. The van der Waals surface area contributed by atoms with Crippen LogP contribution in [-0.4, -0.2) is 38.9 Å². The van der Waals surface area contributed by atoms with E-state index in [-0.39, 0.29) is 12.2 Å². The van der Waals surface area contributed by atoms with Crippen LogP contribution in [0, 0.1) is 0 Å². The molecule has 0 fully saturated rings. The number of unbranched alkanes of at least 4 members (excludes halogenated alkanes) is 30. The summed E-state index contributed by atoms with van der Waals surface area (Å²) in [6.45, 7) is 6.46. The fourth-order valence-electron chi connectivity index (χ4n) is 7.24. The average molecular weight is 667 g/mol. The van der Waals surface area contributed by atoms with Crippen molar-refractivity contribution in [2.24, 2.45) is 0 Å². The Morgan fingerprint density at radius 1 is 0.426 bits per heavy atom. The fourth-order valence-corrected chi connectivity index (χ4v) is 7.24. The Bertz CT molecular complexity index is 637. The molecule has 0 radical (unpaired) electrons. The van der Waals surface area contributed by atoms with Crippen LogP contribution < -0.4 is 0 Å². The summed E-state index contributed by atoms with van der Waals surface area (Å²) >= 11 is 0. The molecule has 0 spiro atoms. The van der Waals surface area contributed by atoms with E-state index in [0.717, 1.165) is 38.5 Å². The molecule has 0 aliphatic heterocycles. The standard InChI is InChI=1S/C43H86O4/c1-4-7-9-11-13-15-17-19-21-23-25-27-29-31-33-35-38-41(45)43(47,42(46)40(44)37-6-3)39-36-34-32-30-28-26-24-22-20-18-16-14-12-10-8-5-2/h41-42,45-47H,4-39H2,1-3H3. The predicted octanol–water partition coefficient (Wildman–Crippen LogP) is 13.1. The van der Waals surface area contributed by atoms with Gasteiger partial charge in [-0.05, 0) is 19.3 Å². The lowest BCUT2D eigenvalue weighted by molar-refractivity contribution is -0.169. The van der Waals surface area contributed by atoms with Gasteiger partial charge in [-0.1, -0.05) is 226 Å². The van der Waals surface area contributed by atoms with Crippen LogP contribution in [-0.2, 0) is 4.79 Å². The van der Waals surface area contributed by atoms with Gasteiger partial charge >= 0.3 is 0 Å². The molecule has 0 aliphatic rings. The monoisotopic (exact) mass is 667 g/mol. The minimum atomic E-state index is -1.72. The molecule has 4 heteroatoms. The Balaban J connectivity index is 4.05. The molecular weight excluding hydrogens is 580 g/mol. The highest BCUT2D eigenvalue weighted by Crippen LogP contribution is 2.29. The van der Waals surface area contributed by atoms with E-state index < -0.39 is 17.8 Å². The average Bonchev–Trinajstić information content (AvgIpc) is 3.07. The number of aliphatic hydroxyl groups excluding tert-OH is 2. The summed E-state index contributed by atoms with van der Waals surface area (Å²) in [7, 11) is 0. The maximum Gasteiger partial charge on any atom is 0.164 e. The lowest BCUT2D eigenvalue weighted by atomic mass is 9.80. The van der Waals surface area contributed by atoms with Gasteiger partial charge in [-0.15, -0.1) is 0 Å². The van der Waals surface area contributed by atoms with Crippen molar-refractivity contribution in [2.75, 3.05) is 0 Å². The van der Waals surface area contributed by atoms with Crippen LogP contribution in [0.5, 0.6) is 0 Å². The Morgan fingerprint density at radius 2 is 0.702 bits per heavy atom. The van der Waals surface area contributed by atoms with E-state index in [1.807, 2.05) is 6.92 Å². The smallest absolute Gasteiger partial charge is 0.164 e. The second-order valence-corrected chi connectivity index (χ2v) is 15.3. The maximum atomic E-state index is 12.6. The van der Waals surface area contributed by atoms with Crippen LogP contribution >= 0.6 is 0 Å². The van der Waals surface area contributed by atoms with E-state index in [0.29, 0.717) is 19.3 Å². The van der Waals surface area contributed by atoms with Crippen LogP contribution in [0.2, 0.25) is 0 Å². The molecule has 0 aromatic rings. The summed E-state index contributed by atoms with van der Waals surface area (Å²) < 4.78 is 0. The van der Waals surface area contributed by atoms with Crippen LogP contribution in [0.4, 0.5) is 0 Å². The van der Waals surface area contributed by atoms with Crippen molar-refractivity contribution >= 4 is 5.78 Å².